The third-order valence-electron chi connectivity index (χ3n) is 4.02. The van der Waals surface area contributed by atoms with E-state index in [-0.39, 0.29) is 6.04 Å². The van der Waals surface area contributed by atoms with Crippen molar-refractivity contribution in [3.05, 3.63) is 14.7 Å². The molecule has 21 heavy (non-hydrogen) atoms. The van der Waals surface area contributed by atoms with Gasteiger partial charge in [-0.1, -0.05) is 26.2 Å². The quantitative estimate of drug-likeness (QED) is 0.751. The standard InChI is InChI=1S/C14H23BrN2O2S2/c1-10-6-4-3-5-7-12(10)17-21(18,19)13-8-11(9-16-2)20-14(13)15/h8,10,12,16-17H,3-7,9H2,1-2H3. The molecule has 7 heteroatoms. The molecule has 0 saturated heterocycles. The maximum absolute atomic E-state index is 12.6. The first-order chi connectivity index (χ1) is 9.94. The van der Waals surface area contributed by atoms with Crippen LogP contribution < -0.4 is 10.0 Å². The lowest BCUT2D eigenvalue weighted by Gasteiger charge is -2.22. The number of hydrogen-bond donors (Lipinski definition) is 2. The molecule has 1 aromatic rings. The molecule has 1 heterocycles. The largest absolute Gasteiger partial charge is 0.315 e. The van der Waals surface area contributed by atoms with Crippen molar-refractivity contribution in [2.45, 2.75) is 56.5 Å². The van der Waals surface area contributed by atoms with Crippen LogP contribution in [-0.2, 0) is 16.6 Å². The Morgan fingerprint density at radius 2 is 2.05 bits per heavy atom. The summed E-state index contributed by atoms with van der Waals surface area (Å²) >= 11 is 4.86. The third kappa shape index (κ3) is 4.51. The highest BCUT2D eigenvalue weighted by Crippen LogP contribution is 2.33. The lowest BCUT2D eigenvalue weighted by Crippen LogP contribution is -2.38. The van der Waals surface area contributed by atoms with Crippen molar-refractivity contribution in [1.82, 2.24) is 10.0 Å². The Bertz CT molecular complexity index is 572. The maximum Gasteiger partial charge on any atom is 0.242 e. The van der Waals surface area contributed by atoms with E-state index < -0.39 is 10.0 Å². The molecule has 120 valence electrons. The average molecular weight is 395 g/mol. The van der Waals surface area contributed by atoms with Gasteiger partial charge in [-0.2, -0.15) is 0 Å². The molecule has 1 fully saturated rings. The van der Waals surface area contributed by atoms with E-state index in [9.17, 15) is 8.42 Å². The second-order valence-corrected chi connectivity index (χ2v) is 9.86. The van der Waals surface area contributed by atoms with Gasteiger partial charge in [0, 0.05) is 17.5 Å². The first-order valence-corrected chi connectivity index (χ1v) is 10.5. The van der Waals surface area contributed by atoms with Crippen LogP contribution in [0.15, 0.2) is 14.7 Å². The smallest absolute Gasteiger partial charge is 0.242 e. The Kier molecular flexibility index (Phi) is 6.25. The molecule has 0 aliphatic heterocycles. The first-order valence-electron chi connectivity index (χ1n) is 7.39. The molecule has 4 nitrogen and oxygen atoms in total. The number of sulfonamides is 1. The van der Waals surface area contributed by atoms with Crippen LogP contribution in [0.25, 0.3) is 0 Å². The molecule has 0 spiro atoms. The van der Waals surface area contributed by atoms with Crippen molar-refractivity contribution in [2.24, 2.45) is 5.92 Å². The van der Waals surface area contributed by atoms with Crippen LogP contribution >= 0.6 is 27.3 Å². The molecular weight excluding hydrogens is 372 g/mol. The average Bonchev–Trinajstić information content (AvgIpc) is 2.67. The number of nitrogens with one attached hydrogen (secondary N) is 2. The molecule has 0 bridgehead atoms. The molecule has 2 N–H and O–H groups in total. The lowest BCUT2D eigenvalue weighted by atomic mass is 9.98. The van der Waals surface area contributed by atoms with Crippen LogP contribution in [0.4, 0.5) is 0 Å². The van der Waals surface area contributed by atoms with Crippen molar-refractivity contribution in [3.8, 4) is 0 Å². The number of halogens is 1. The lowest BCUT2D eigenvalue weighted by molar-refractivity contribution is 0.399. The number of thiophene rings is 1. The molecule has 1 aliphatic carbocycles. The van der Waals surface area contributed by atoms with Crippen LogP contribution in [-0.4, -0.2) is 21.5 Å². The summed E-state index contributed by atoms with van der Waals surface area (Å²) in [5, 5.41) is 3.05. The molecule has 2 atom stereocenters. The molecule has 1 aliphatic rings. The summed E-state index contributed by atoms with van der Waals surface area (Å²) in [5.74, 6) is 0.400. The van der Waals surface area contributed by atoms with Crippen molar-refractivity contribution in [3.63, 3.8) is 0 Å². The fourth-order valence-corrected chi connectivity index (χ4v) is 6.85. The van der Waals surface area contributed by atoms with Gasteiger partial charge < -0.3 is 5.32 Å². The van der Waals surface area contributed by atoms with Crippen molar-refractivity contribution < 1.29 is 8.42 Å². The second-order valence-electron chi connectivity index (χ2n) is 5.72. The first kappa shape index (κ1) is 17.4. The zero-order chi connectivity index (χ0) is 15.5. The molecule has 1 saturated carbocycles. The molecule has 2 unspecified atom stereocenters. The van der Waals surface area contributed by atoms with E-state index >= 15 is 0 Å². The summed E-state index contributed by atoms with van der Waals surface area (Å²) in [4.78, 5) is 1.38. The van der Waals surface area contributed by atoms with Gasteiger partial charge >= 0.3 is 0 Å². The molecule has 0 aromatic carbocycles. The summed E-state index contributed by atoms with van der Waals surface area (Å²) in [6, 6.07) is 1.81. The topological polar surface area (TPSA) is 58.2 Å². The molecular formula is C14H23BrN2O2S2. The fourth-order valence-electron chi connectivity index (χ4n) is 2.77. The minimum absolute atomic E-state index is 0.0528. The highest BCUT2D eigenvalue weighted by Gasteiger charge is 2.28. The minimum atomic E-state index is -3.45. The molecule has 1 aromatic heterocycles. The van der Waals surface area contributed by atoms with E-state index in [2.05, 4.69) is 32.9 Å². The van der Waals surface area contributed by atoms with E-state index in [1.165, 1.54) is 24.2 Å². The highest BCUT2D eigenvalue weighted by molar-refractivity contribution is 9.11. The van der Waals surface area contributed by atoms with Gasteiger partial charge in [0.25, 0.3) is 0 Å². The van der Waals surface area contributed by atoms with Crippen LogP contribution in [0.5, 0.6) is 0 Å². The maximum atomic E-state index is 12.6. The summed E-state index contributed by atoms with van der Waals surface area (Å²) in [6.45, 7) is 2.83. The van der Waals surface area contributed by atoms with Gasteiger partial charge in [-0.05, 0) is 47.8 Å². The highest BCUT2D eigenvalue weighted by atomic mass is 79.9. The predicted molar refractivity (Wildman–Crippen MR) is 91.1 cm³/mol. The van der Waals surface area contributed by atoms with Gasteiger partial charge in [-0.25, -0.2) is 13.1 Å². The van der Waals surface area contributed by atoms with E-state index in [4.69, 9.17) is 0 Å². The predicted octanol–water partition coefficient (Wildman–Crippen LogP) is 3.48. The fraction of sp³-hybridized carbons (Fsp3) is 0.714. The normalized spacial score (nSPS) is 24.0. The zero-order valence-electron chi connectivity index (χ0n) is 12.5. The summed E-state index contributed by atoms with van der Waals surface area (Å²) in [6.07, 6.45) is 5.55. The number of hydrogen-bond acceptors (Lipinski definition) is 4. The van der Waals surface area contributed by atoms with E-state index in [0.717, 1.165) is 24.1 Å². The van der Waals surface area contributed by atoms with Crippen LogP contribution in [0, 0.1) is 5.92 Å². The van der Waals surface area contributed by atoms with E-state index in [1.54, 1.807) is 6.07 Å². The van der Waals surface area contributed by atoms with Crippen molar-refractivity contribution in [2.75, 3.05) is 7.05 Å². The van der Waals surface area contributed by atoms with E-state index in [0.29, 0.717) is 21.1 Å². The SMILES string of the molecule is CNCc1cc(S(=O)(=O)NC2CCCCCC2C)c(Br)s1. The van der Waals surface area contributed by atoms with Crippen LogP contribution in [0.3, 0.4) is 0 Å². The van der Waals surface area contributed by atoms with Gasteiger partial charge in [0.2, 0.25) is 10.0 Å². The Morgan fingerprint density at radius 1 is 1.33 bits per heavy atom. The third-order valence-corrected chi connectivity index (χ3v) is 7.76. The molecule has 0 radical (unpaired) electrons. The monoisotopic (exact) mass is 394 g/mol. The zero-order valence-corrected chi connectivity index (χ0v) is 15.7. The summed E-state index contributed by atoms with van der Waals surface area (Å²) in [7, 11) is -1.60. The molecule has 0 amide bonds. The van der Waals surface area contributed by atoms with Gasteiger partial charge in [0.1, 0.15) is 4.90 Å². The Morgan fingerprint density at radius 3 is 2.76 bits per heavy atom. The van der Waals surface area contributed by atoms with Gasteiger partial charge in [0.15, 0.2) is 0 Å². The van der Waals surface area contributed by atoms with Crippen LogP contribution in [0.2, 0.25) is 0 Å². The minimum Gasteiger partial charge on any atom is -0.315 e. The van der Waals surface area contributed by atoms with Crippen molar-refractivity contribution in [1.29, 1.82) is 0 Å². The summed E-state index contributed by atoms with van der Waals surface area (Å²) in [5.41, 5.74) is 0. The Labute approximate surface area is 139 Å². The van der Waals surface area contributed by atoms with Gasteiger partial charge in [-0.3, -0.25) is 0 Å². The van der Waals surface area contributed by atoms with Crippen molar-refractivity contribution >= 4 is 37.3 Å². The van der Waals surface area contributed by atoms with E-state index in [1.807, 2.05) is 7.05 Å². The molecule has 2 rings (SSSR count). The Balaban J connectivity index is 2.17. The van der Waals surface area contributed by atoms with Gasteiger partial charge in [-0.15, -0.1) is 11.3 Å². The van der Waals surface area contributed by atoms with Crippen LogP contribution in [0.1, 0.15) is 43.9 Å². The summed E-state index contributed by atoms with van der Waals surface area (Å²) < 4.78 is 28.9. The Hall–Kier alpha value is 0.0500. The number of rotatable bonds is 5. The second kappa shape index (κ2) is 7.55. The van der Waals surface area contributed by atoms with Gasteiger partial charge in [0.05, 0.1) is 3.79 Å².